The molecule has 0 unspecified atom stereocenters. The van der Waals surface area contributed by atoms with Crippen LogP contribution in [0.4, 0.5) is 17.5 Å². The van der Waals surface area contributed by atoms with Crippen molar-refractivity contribution >= 4 is 23.4 Å². The van der Waals surface area contributed by atoms with Gasteiger partial charge in [-0.15, -0.1) is 0 Å². The minimum absolute atomic E-state index is 0.0589. The van der Waals surface area contributed by atoms with Gasteiger partial charge in [-0.05, 0) is 25.0 Å². The van der Waals surface area contributed by atoms with Gasteiger partial charge in [0.05, 0.1) is 0 Å². The van der Waals surface area contributed by atoms with E-state index in [0.29, 0.717) is 11.8 Å². The molecule has 6 N–H and O–H groups in total. The highest BCUT2D eigenvalue weighted by Gasteiger charge is 2.23. The van der Waals surface area contributed by atoms with E-state index in [0.717, 1.165) is 42.6 Å². The van der Waals surface area contributed by atoms with Crippen LogP contribution in [0.15, 0.2) is 47.3 Å². The smallest absolute Gasteiger partial charge is 0.254 e. The van der Waals surface area contributed by atoms with E-state index < -0.39 is 5.91 Å². The van der Waals surface area contributed by atoms with Crippen molar-refractivity contribution in [2.75, 3.05) is 10.6 Å². The highest BCUT2D eigenvalue weighted by Crippen LogP contribution is 2.25. The number of amides is 1. The van der Waals surface area contributed by atoms with Gasteiger partial charge in [0, 0.05) is 35.6 Å². The first-order chi connectivity index (χ1) is 14.1. The number of primary amides is 1. The van der Waals surface area contributed by atoms with Crippen molar-refractivity contribution in [1.29, 1.82) is 0 Å². The van der Waals surface area contributed by atoms with Gasteiger partial charge in [0.1, 0.15) is 23.3 Å². The number of nitrogens with zero attached hydrogens (tertiary/aromatic N) is 3. The molecule has 1 fully saturated rings. The summed E-state index contributed by atoms with van der Waals surface area (Å²) >= 11 is 0. The molecule has 0 radical (unpaired) electrons. The third-order valence-electron chi connectivity index (χ3n) is 5.07. The maximum Gasteiger partial charge on any atom is 0.254 e. The summed E-state index contributed by atoms with van der Waals surface area (Å²) in [6.45, 7) is 0. The molecule has 1 aliphatic carbocycles. The molecule has 4 rings (SSSR count). The standard InChI is InChI=1S/C20H23N7O2/c21-15-3-1-2-4-17(15)25-20-23-11-14(18(22)28)19(26-20)24-13-7-5-12(6-8-13)16-9-10-29-27-16/h5-11,15,17H,1-4,21H2,(H2,22,28)(H2,23,24,25,26)/t15-,17+/m0/s1. The average Bonchev–Trinajstić information content (AvgIpc) is 3.25. The molecule has 0 spiro atoms. The van der Waals surface area contributed by atoms with E-state index in [9.17, 15) is 4.79 Å². The summed E-state index contributed by atoms with van der Waals surface area (Å²) in [5, 5.41) is 10.4. The summed E-state index contributed by atoms with van der Waals surface area (Å²) in [6.07, 6.45) is 7.15. The second kappa shape index (κ2) is 8.27. The summed E-state index contributed by atoms with van der Waals surface area (Å²) in [4.78, 5) is 20.5. The Hall–Kier alpha value is -3.46. The maximum atomic E-state index is 11.8. The lowest BCUT2D eigenvalue weighted by Crippen LogP contribution is -2.43. The Labute approximate surface area is 167 Å². The lowest BCUT2D eigenvalue weighted by molar-refractivity contribution is 0.100. The molecule has 29 heavy (non-hydrogen) atoms. The molecule has 3 aromatic rings. The first kappa shape index (κ1) is 18.9. The molecule has 2 atom stereocenters. The van der Waals surface area contributed by atoms with Crippen LogP contribution in [0.25, 0.3) is 11.3 Å². The number of rotatable bonds is 6. The number of hydrogen-bond acceptors (Lipinski definition) is 8. The highest BCUT2D eigenvalue weighted by atomic mass is 16.5. The molecule has 1 saturated carbocycles. The van der Waals surface area contributed by atoms with Gasteiger partial charge in [-0.3, -0.25) is 4.79 Å². The molecule has 1 amide bonds. The summed E-state index contributed by atoms with van der Waals surface area (Å²) < 4.78 is 4.87. The Balaban J connectivity index is 1.55. The fourth-order valence-electron chi connectivity index (χ4n) is 3.45. The van der Waals surface area contributed by atoms with Crippen LogP contribution in [-0.4, -0.2) is 33.1 Å². The van der Waals surface area contributed by atoms with Crippen molar-refractivity contribution in [2.45, 2.75) is 37.8 Å². The van der Waals surface area contributed by atoms with E-state index in [-0.39, 0.29) is 17.6 Å². The van der Waals surface area contributed by atoms with Crippen LogP contribution in [0.3, 0.4) is 0 Å². The second-order valence-corrected chi connectivity index (χ2v) is 7.11. The van der Waals surface area contributed by atoms with Crippen molar-refractivity contribution in [1.82, 2.24) is 15.1 Å². The van der Waals surface area contributed by atoms with Gasteiger partial charge < -0.3 is 26.6 Å². The molecule has 0 aliphatic heterocycles. The monoisotopic (exact) mass is 393 g/mol. The fraction of sp³-hybridized carbons (Fsp3) is 0.300. The summed E-state index contributed by atoms with van der Waals surface area (Å²) in [6, 6.07) is 9.46. The fourth-order valence-corrected chi connectivity index (χ4v) is 3.45. The summed E-state index contributed by atoms with van der Waals surface area (Å²) in [7, 11) is 0. The summed E-state index contributed by atoms with van der Waals surface area (Å²) in [5.41, 5.74) is 14.3. The lowest BCUT2D eigenvalue weighted by Gasteiger charge is -2.29. The quantitative estimate of drug-likeness (QED) is 0.500. The Morgan fingerprint density at radius 1 is 1.14 bits per heavy atom. The Morgan fingerprint density at radius 3 is 2.62 bits per heavy atom. The number of nitrogens with one attached hydrogen (secondary N) is 2. The van der Waals surface area contributed by atoms with E-state index >= 15 is 0 Å². The van der Waals surface area contributed by atoms with Gasteiger partial charge in [0.15, 0.2) is 0 Å². The van der Waals surface area contributed by atoms with E-state index in [2.05, 4.69) is 25.8 Å². The van der Waals surface area contributed by atoms with E-state index in [1.165, 1.54) is 12.5 Å². The second-order valence-electron chi connectivity index (χ2n) is 7.11. The predicted molar refractivity (Wildman–Crippen MR) is 110 cm³/mol. The van der Waals surface area contributed by atoms with Crippen LogP contribution in [0.1, 0.15) is 36.0 Å². The zero-order valence-corrected chi connectivity index (χ0v) is 15.8. The minimum atomic E-state index is -0.604. The van der Waals surface area contributed by atoms with Gasteiger partial charge in [-0.2, -0.15) is 4.98 Å². The van der Waals surface area contributed by atoms with Crippen LogP contribution < -0.4 is 22.1 Å². The molecule has 9 nitrogen and oxygen atoms in total. The SMILES string of the molecule is NC(=O)c1cnc(N[C@@H]2CCCC[C@@H]2N)nc1Nc1ccc(-c2ccon2)cc1. The first-order valence-electron chi connectivity index (χ1n) is 9.57. The first-order valence-corrected chi connectivity index (χ1v) is 9.57. The van der Waals surface area contributed by atoms with Gasteiger partial charge in [-0.1, -0.05) is 30.1 Å². The van der Waals surface area contributed by atoms with Crippen LogP contribution in [0.2, 0.25) is 0 Å². The van der Waals surface area contributed by atoms with Crippen molar-refractivity contribution in [2.24, 2.45) is 11.5 Å². The number of anilines is 3. The average molecular weight is 393 g/mol. The third-order valence-corrected chi connectivity index (χ3v) is 5.07. The molecular formula is C20H23N7O2. The van der Waals surface area contributed by atoms with Gasteiger partial charge in [0.25, 0.3) is 5.91 Å². The van der Waals surface area contributed by atoms with Crippen LogP contribution in [0, 0.1) is 0 Å². The van der Waals surface area contributed by atoms with Crippen molar-refractivity contribution < 1.29 is 9.32 Å². The molecule has 1 aromatic carbocycles. The van der Waals surface area contributed by atoms with Gasteiger partial charge in [-0.25, -0.2) is 4.98 Å². The molecule has 1 aliphatic rings. The van der Waals surface area contributed by atoms with Crippen LogP contribution in [-0.2, 0) is 0 Å². The number of benzene rings is 1. The molecule has 2 aromatic heterocycles. The molecule has 0 bridgehead atoms. The number of nitrogens with two attached hydrogens (primary N) is 2. The Kier molecular flexibility index (Phi) is 5.39. The molecule has 9 heteroatoms. The Bertz CT molecular complexity index is 973. The number of carbonyl (C=O) groups is 1. The lowest BCUT2D eigenvalue weighted by atomic mass is 9.91. The van der Waals surface area contributed by atoms with Crippen molar-refractivity contribution in [3.8, 4) is 11.3 Å². The number of hydrogen-bond donors (Lipinski definition) is 4. The molecule has 150 valence electrons. The van der Waals surface area contributed by atoms with E-state index in [1.807, 2.05) is 24.3 Å². The third kappa shape index (κ3) is 4.35. The molecular weight excluding hydrogens is 370 g/mol. The zero-order valence-electron chi connectivity index (χ0n) is 15.8. The maximum absolute atomic E-state index is 11.8. The van der Waals surface area contributed by atoms with Crippen LogP contribution >= 0.6 is 0 Å². The molecule has 0 saturated heterocycles. The summed E-state index contributed by atoms with van der Waals surface area (Å²) in [5.74, 6) is 0.153. The van der Waals surface area contributed by atoms with E-state index in [1.54, 1.807) is 6.07 Å². The normalized spacial score (nSPS) is 18.9. The van der Waals surface area contributed by atoms with Gasteiger partial charge in [0.2, 0.25) is 5.95 Å². The highest BCUT2D eigenvalue weighted by molar-refractivity contribution is 5.98. The largest absolute Gasteiger partial charge is 0.365 e. The molecule has 2 heterocycles. The zero-order chi connectivity index (χ0) is 20.2. The Morgan fingerprint density at radius 2 is 1.93 bits per heavy atom. The van der Waals surface area contributed by atoms with Gasteiger partial charge >= 0.3 is 0 Å². The number of aromatic nitrogens is 3. The predicted octanol–water partition coefficient (Wildman–Crippen LogP) is 2.66. The van der Waals surface area contributed by atoms with Crippen molar-refractivity contribution in [3.05, 3.63) is 48.4 Å². The van der Waals surface area contributed by atoms with Crippen molar-refractivity contribution in [3.63, 3.8) is 0 Å². The minimum Gasteiger partial charge on any atom is -0.365 e. The topological polar surface area (TPSA) is 145 Å². The van der Waals surface area contributed by atoms with Crippen LogP contribution in [0.5, 0.6) is 0 Å². The number of carbonyl (C=O) groups excluding carboxylic acids is 1. The van der Waals surface area contributed by atoms with E-state index in [4.69, 9.17) is 16.0 Å².